The first kappa shape index (κ1) is 12.1. The summed E-state index contributed by atoms with van der Waals surface area (Å²) in [4.78, 5) is 2.96. The van der Waals surface area contributed by atoms with Gasteiger partial charge in [0, 0.05) is 28.3 Å². The molecule has 2 rings (SSSR count). The van der Waals surface area contributed by atoms with E-state index in [1.807, 2.05) is 11.3 Å². The van der Waals surface area contributed by atoms with Gasteiger partial charge in [0.1, 0.15) is 0 Å². The lowest BCUT2D eigenvalue weighted by Gasteiger charge is -2.22. The van der Waals surface area contributed by atoms with Crippen molar-refractivity contribution in [1.29, 1.82) is 0 Å². The molecule has 2 unspecified atom stereocenters. The summed E-state index contributed by atoms with van der Waals surface area (Å²) in [6.07, 6.45) is 2.34. The van der Waals surface area contributed by atoms with Crippen LogP contribution in [0.2, 0.25) is 0 Å². The van der Waals surface area contributed by atoms with Crippen molar-refractivity contribution in [3.63, 3.8) is 0 Å². The number of thiophene rings is 1. The molecule has 1 aliphatic rings. The fourth-order valence-electron chi connectivity index (χ4n) is 2.29. The Morgan fingerprint density at radius 3 is 2.94 bits per heavy atom. The zero-order chi connectivity index (χ0) is 11.4. The van der Waals surface area contributed by atoms with Crippen molar-refractivity contribution in [2.45, 2.75) is 32.7 Å². The number of hydrogen-bond donors (Lipinski definition) is 1. The monoisotopic (exact) mass is 239 g/mol. The molecule has 1 saturated heterocycles. The van der Waals surface area contributed by atoms with Gasteiger partial charge >= 0.3 is 0 Å². The minimum atomic E-state index is 0.498. The van der Waals surface area contributed by atoms with Crippen LogP contribution in [0.1, 0.15) is 36.1 Å². The van der Waals surface area contributed by atoms with E-state index in [2.05, 4.69) is 31.3 Å². The Bertz CT molecular complexity index is 317. The van der Waals surface area contributed by atoms with Crippen molar-refractivity contribution >= 4 is 11.3 Å². The van der Waals surface area contributed by atoms with Gasteiger partial charge in [0.25, 0.3) is 0 Å². The lowest BCUT2D eigenvalue weighted by atomic mass is 9.97. The molecule has 0 amide bonds. The van der Waals surface area contributed by atoms with Gasteiger partial charge < -0.3 is 10.1 Å². The van der Waals surface area contributed by atoms with Crippen molar-refractivity contribution in [3.8, 4) is 0 Å². The lowest BCUT2D eigenvalue weighted by Crippen LogP contribution is -2.27. The van der Waals surface area contributed by atoms with E-state index in [4.69, 9.17) is 4.74 Å². The number of rotatable bonds is 5. The van der Waals surface area contributed by atoms with Gasteiger partial charge in [-0.2, -0.15) is 0 Å². The van der Waals surface area contributed by atoms with Gasteiger partial charge in [0.05, 0.1) is 6.61 Å². The molecule has 1 aromatic rings. The zero-order valence-corrected chi connectivity index (χ0v) is 11.0. The molecule has 1 N–H and O–H groups in total. The average molecular weight is 239 g/mol. The summed E-state index contributed by atoms with van der Waals surface area (Å²) in [6.45, 7) is 7.27. The molecule has 16 heavy (non-hydrogen) atoms. The smallest absolute Gasteiger partial charge is 0.0513 e. The molecule has 0 aliphatic carbocycles. The molecule has 1 fully saturated rings. The SMILES string of the molecule is CCNC(c1ccc(CC)s1)C1CCOC1. The van der Waals surface area contributed by atoms with E-state index in [0.29, 0.717) is 12.0 Å². The summed E-state index contributed by atoms with van der Waals surface area (Å²) in [5.41, 5.74) is 0. The first-order valence-electron chi connectivity index (χ1n) is 6.24. The van der Waals surface area contributed by atoms with E-state index < -0.39 is 0 Å². The van der Waals surface area contributed by atoms with Gasteiger partial charge in [0.2, 0.25) is 0 Å². The summed E-state index contributed by atoms with van der Waals surface area (Å²) in [6, 6.07) is 5.05. The molecule has 0 bridgehead atoms. The first-order valence-corrected chi connectivity index (χ1v) is 7.06. The molecule has 90 valence electrons. The third-order valence-corrected chi connectivity index (χ3v) is 4.51. The Morgan fingerprint density at radius 2 is 2.38 bits per heavy atom. The van der Waals surface area contributed by atoms with Gasteiger partial charge in [-0.05, 0) is 31.5 Å². The van der Waals surface area contributed by atoms with Gasteiger partial charge in [0.15, 0.2) is 0 Å². The molecular weight excluding hydrogens is 218 g/mol. The van der Waals surface area contributed by atoms with Crippen molar-refractivity contribution in [2.24, 2.45) is 5.92 Å². The largest absolute Gasteiger partial charge is 0.381 e. The Hall–Kier alpha value is -0.380. The molecule has 0 aromatic carbocycles. The molecule has 2 nitrogen and oxygen atoms in total. The maximum Gasteiger partial charge on any atom is 0.0513 e. The summed E-state index contributed by atoms with van der Waals surface area (Å²) in [7, 11) is 0. The second-order valence-electron chi connectivity index (χ2n) is 4.32. The van der Waals surface area contributed by atoms with Crippen LogP contribution in [-0.4, -0.2) is 19.8 Å². The molecule has 2 atom stereocenters. The van der Waals surface area contributed by atoms with E-state index in [-0.39, 0.29) is 0 Å². The van der Waals surface area contributed by atoms with Crippen molar-refractivity contribution < 1.29 is 4.74 Å². The van der Waals surface area contributed by atoms with Crippen LogP contribution in [0, 0.1) is 5.92 Å². The maximum absolute atomic E-state index is 5.50. The second-order valence-corrected chi connectivity index (χ2v) is 5.52. The standard InChI is InChI=1S/C13H21NOS/c1-3-11-5-6-12(16-11)13(14-4-2)10-7-8-15-9-10/h5-6,10,13-14H,3-4,7-9H2,1-2H3. The normalized spacial score (nSPS) is 22.5. The van der Waals surface area contributed by atoms with Crippen LogP contribution in [0.3, 0.4) is 0 Å². The summed E-state index contributed by atoms with van der Waals surface area (Å²) in [5, 5.41) is 3.61. The molecule has 3 heteroatoms. The lowest BCUT2D eigenvalue weighted by molar-refractivity contribution is 0.177. The third kappa shape index (κ3) is 2.65. The quantitative estimate of drug-likeness (QED) is 0.853. The van der Waals surface area contributed by atoms with Crippen LogP contribution >= 0.6 is 11.3 Å². The first-order chi connectivity index (χ1) is 7.85. The summed E-state index contributed by atoms with van der Waals surface area (Å²) < 4.78 is 5.50. The molecule has 1 aromatic heterocycles. The van der Waals surface area contributed by atoms with E-state index in [0.717, 1.165) is 26.2 Å². The van der Waals surface area contributed by atoms with Crippen molar-refractivity contribution in [3.05, 3.63) is 21.9 Å². The fraction of sp³-hybridized carbons (Fsp3) is 0.692. The third-order valence-electron chi connectivity index (χ3n) is 3.20. The predicted molar refractivity (Wildman–Crippen MR) is 69.0 cm³/mol. The summed E-state index contributed by atoms with van der Waals surface area (Å²) in [5.74, 6) is 0.656. The van der Waals surface area contributed by atoms with Gasteiger partial charge in [-0.15, -0.1) is 11.3 Å². The van der Waals surface area contributed by atoms with Crippen LogP contribution in [0.15, 0.2) is 12.1 Å². The van der Waals surface area contributed by atoms with E-state index >= 15 is 0 Å². The molecule has 0 spiro atoms. The molecule has 0 radical (unpaired) electrons. The highest BCUT2D eigenvalue weighted by Gasteiger charge is 2.27. The van der Waals surface area contributed by atoms with Gasteiger partial charge in [-0.25, -0.2) is 0 Å². The highest BCUT2D eigenvalue weighted by Crippen LogP contribution is 2.33. The fourth-order valence-corrected chi connectivity index (χ4v) is 3.41. The minimum absolute atomic E-state index is 0.498. The minimum Gasteiger partial charge on any atom is -0.381 e. The van der Waals surface area contributed by atoms with Gasteiger partial charge in [-0.3, -0.25) is 0 Å². The predicted octanol–water partition coefficient (Wildman–Crippen LogP) is 3.00. The molecule has 0 saturated carbocycles. The van der Waals surface area contributed by atoms with Crippen LogP contribution in [0.25, 0.3) is 0 Å². The Balaban J connectivity index is 2.10. The summed E-state index contributed by atoms with van der Waals surface area (Å²) >= 11 is 1.95. The number of hydrogen-bond acceptors (Lipinski definition) is 3. The topological polar surface area (TPSA) is 21.3 Å². The number of ether oxygens (including phenoxy) is 1. The highest BCUT2D eigenvalue weighted by atomic mass is 32.1. The molecular formula is C13H21NOS. The Morgan fingerprint density at radius 1 is 1.50 bits per heavy atom. The highest BCUT2D eigenvalue weighted by molar-refractivity contribution is 7.12. The van der Waals surface area contributed by atoms with E-state index in [9.17, 15) is 0 Å². The van der Waals surface area contributed by atoms with Crippen LogP contribution in [-0.2, 0) is 11.2 Å². The van der Waals surface area contributed by atoms with E-state index in [1.54, 1.807) is 0 Å². The number of aryl methyl sites for hydroxylation is 1. The Labute approximate surface area is 102 Å². The molecule has 2 heterocycles. The number of nitrogens with one attached hydrogen (secondary N) is 1. The van der Waals surface area contributed by atoms with Crippen LogP contribution in [0.5, 0.6) is 0 Å². The second kappa shape index (κ2) is 5.80. The molecule has 1 aliphatic heterocycles. The zero-order valence-electron chi connectivity index (χ0n) is 10.2. The van der Waals surface area contributed by atoms with Crippen LogP contribution < -0.4 is 5.32 Å². The van der Waals surface area contributed by atoms with Gasteiger partial charge in [-0.1, -0.05) is 13.8 Å². The van der Waals surface area contributed by atoms with E-state index in [1.165, 1.54) is 16.2 Å². The maximum atomic E-state index is 5.50. The van der Waals surface area contributed by atoms with Crippen LogP contribution in [0.4, 0.5) is 0 Å². The van der Waals surface area contributed by atoms with Crippen molar-refractivity contribution in [2.75, 3.05) is 19.8 Å². The average Bonchev–Trinajstić information content (AvgIpc) is 2.97. The Kier molecular flexibility index (Phi) is 4.38. The van der Waals surface area contributed by atoms with Crippen molar-refractivity contribution in [1.82, 2.24) is 5.32 Å².